The summed E-state index contributed by atoms with van der Waals surface area (Å²) in [6, 6.07) is 4.18. The molecule has 2 N–H and O–H groups in total. The first-order valence-electron chi connectivity index (χ1n) is 5.75. The van der Waals surface area contributed by atoms with Gasteiger partial charge >= 0.3 is 0 Å². The van der Waals surface area contributed by atoms with Crippen molar-refractivity contribution in [3.8, 4) is 11.5 Å². The van der Waals surface area contributed by atoms with E-state index in [1.165, 1.54) is 24.0 Å². The summed E-state index contributed by atoms with van der Waals surface area (Å²) >= 11 is 0. The Morgan fingerprint density at radius 2 is 1.94 bits per heavy atom. The van der Waals surface area contributed by atoms with Gasteiger partial charge in [0.25, 0.3) is 0 Å². The molecule has 0 heterocycles. The molecule has 1 aliphatic carbocycles. The van der Waals surface area contributed by atoms with Crippen molar-refractivity contribution in [2.24, 2.45) is 5.73 Å². The second-order valence-electron chi connectivity index (χ2n) is 4.23. The Balaban J connectivity index is 2.46. The average Bonchev–Trinajstić information content (AvgIpc) is 2.36. The van der Waals surface area contributed by atoms with Crippen LogP contribution in [0.25, 0.3) is 0 Å². The fraction of sp³-hybridized carbons (Fsp3) is 0.538. The van der Waals surface area contributed by atoms with E-state index in [0.29, 0.717) is 12.5 Å². The average molecular weight is 221 g/mol. The molecule has 88 valence electrons. The summed E-state index contributed by atoms with van der Waals surface area (Å²) in [4.78, 5) is 0. The molecule has 0 aromatic heterocycles. The molecule has 1 aliphatic rings. The van der Waals surface area contributed by atoms with Crippen LogP contribution >= 0.6 is 0 Å². The predicted molar refractivity (Wildman–Crippen MR) is 64.3 cm³/mol. The van der Waals surface area contributed by atoms with E-state index in [0.717, 1.165) is 17.9 Å². The van der Waals surface area contributed by atoms with Crippen LogP contribution in [0.4, 0.5) is 0 Å². The van der Waals surface area contributed by atoms with Gasteiger partial charge in [-0.1, -0.05) is 0 Å². The molecule has 0 amide bonds. The van der Waals surface area contributed by atoms with Gasteiger partial charge in [-0.05, 0) is 55.0 Å². The normalized spacial score (nSPS) is 19.1. The van der Waals surface area contributed by atoms with Crippen LogP contribution in [-0.4, -0.2) is 20.8 Å². The number of hydrogen-bond acceptors (Lipinski definition) is 3. The summed E-state index contributed by atoms with van der Waals surface area (Å²) in [6.45, 7) is 0.711. The molecule has 0 aliphatic heterocycles. The molecule has 16 heavy (non-hydrogen) atoms. The van der Waals surface area contributed by atoms with E-state index in [1.807, 2.05) is 0 Å². The van der Waals surface area contributed by atoms with Crippen LogP contribution in [-0.2, 0) is 6.42 Å². The first kappa shape index (κ1) is 11.3. The number of fused-ring (bicyclic) bond motifs is 1. The second kappa shape index (κ2) is 4.74. The number of methoxy groups -OCH3 is 2. The third kappa shape index (κ3) is 1.87. The van der Waals surface area contributed by atoms with Gasteiger partial charge in [0, 0.05) is 0 Å². The van der Waals surface area contributed by atoms with E-state index in [2.05, 4.69) is 12.1 Å². The number of aryl methyl sites for hydroxylation is 1. The first-order valence-corrected chi connectivity index (χ1v) is 5.75. The third-order valence-electron chi connectivity index (χ3n) is 3.37. The van der Waals surface area contributed by atoms with Crippen LogP contribution in [0, 0.1) is 0 Å². The number of rotatable bonds is 3. The van der Waals surface area contributed by atoms with Gasteiger partial charge in [0.05, 0.1) is 14.2 Å². The zero-order chi connectivity index (χ0) is 11.5. The molecular formula is C13H19NO2. The van der Waals surface area contributed by atoms with Crippen molar-refractivity contribution in [1.29, 1.82) is 0 Å². The van der Waals surface area contributed by atoms with Gasteiger partial charge in [-0.3, -0.25) is 0 Å². The van der Waals surface area contributed by atoms with Gasteiger partial charge in [0.2, 0.25) is 0 Å². The fourth-order valence-corrected chi connectivity index (χ4v) is 2.47. The highest BCUT2D eigenvalue weighted by Crippen LogP contribution is 2.38. The largest absolute Gasteiger partial charge is 0.493 e. The minimum atomic E-state index is 0.476. The van der Waals surface area contributed by atoms with Crippen molar-refractivity contribution in [1.82, 2.24) is 0 Å². The van der Waals surface area contributed by atoms with Crippen molar-refractivity contribution in [2.75, 3.05) is 20.8 Å². The van der Waals surface area contributed by atoms with Gasteiger partial charge in [-0.25, -0.2) is 0 Å². The van der Waals surface area contributed by atoms with Crippen LogP contribution in [0.1, 0.15) is 29.9 Å². The van der Waals surface area contributed by atoms with E-state index >= 15 is 0 Å². The van der Waals surface area contributed by atoms with E-state index in [9.17, 15) is 0 Å². The molecule has 1 atom stereocenters. The summed E-state index contributed by atoms with van der Waals surface area (Å²) in [5.41, 5.74) is 8.51. The zero-order valence-electron chi connectivity index (χ0n) is 9.95. The molecule has 0 saturated carbocycles. The van der Waals surface area contributed by atoms with Crippen LogP contribution in [0.3, 0.4) is 0 Å². The van der Waals surface area contributed by atoms with Gasteiger partial charge in [0.1, 0.15) is 0 Å². The third-order valence-corrected chi connectivity index (χ3v) is 3.37. The van der Waals surface area contributed by atoms with Crippen molar-refractivity contribution < 1.29 is 9.47 Å². The number of nitrogens with two attached hydrogens (primary N) is 1. The van der Waals surface area contributed by atoms with Crippen molar-refractivity contribution in [3.63, 3.8) is 0 Å². The standard InChI is InChI=1S/C13H19NO2/c1-15-12-6-9-4-3-5-10(8-14)11(9)7-13(12)16-2/h6-7,10H,3-5,8,14H2,1-2H3. The SMILES string of the molecule is COc1cc2c(cc1OC)C(CN)CCC2. The lowest BCUT2D eigenvalue weighted by Crippen LogP contribution is -2.18. The molecule has 1 aromatic rings. The van der Waals surface area contributed by atoms with Crippen LogP contribution in [0.2, 0.25) is 0 Å². The van der Waals surface area contributed by atoms with Crippen molar-refractivity contribution in [3.05, 3.63) is 23.3 Å². The summed E-state index contributed by atoms with van der Waals surface area (Å²) in [6.07, 6.45) is 3.51. The number of benzene rings is 1. The van der Waals surface area contributed by atoms with Gasteiger partial charge in [0.15, 0.2) is 11.5 Å². The Hall–Kier alpha value is -1.22. The van der Waals surface area contributed by atoms with Gasteiger partial charge in [-0.2, -0.15) is 0 Å². The summed E-state index contributed by atoms with van der Waals surface area (Å²) in [7, 11) is 3.35. The Morgan fingerprint density at radius 1 is 1.25 bits per heavy atom. The van der Waals surface area contributed by atoms with Crippen LogP contribution in [0.15, 0.2) is 12.1 Å². The van der Waals surface area contributed by atoms with Crippen LogP contribution in [0.5, 0.6) is 11.5 Å². The van der Waals surface area contributed by atoms with Gasteiger partial charge in [-0.15, -0.1) is 0 Å². The molecule has 0 radical (unpaired) electrons. The quantitative estimate of drug-likeness (QED) is 0.850. The molecule has 0 spiro atoms. The Bertz CT molecular complexity index is 376. The van der Waals surface area contributed by atoms with Crippen molar-refractivity contribution in [2.45, 2.75) is 25.2 Å². The van der Waals surface area contributed by atoms with E-state index < -0.39 is 0 Å². The lowest BCUT2D eigenvalue weighted by atomic mass is 9.82. The molecule has 1 aromatic carbocycles. The summed E-state index contributed by atoms with van der Waals surface area (Å²) in [5.74, 6) is 2.10. The highest BCUT2D eigenvalue weighted by atomic mass is 16.5. The molecule has 3 nitrogen and oxygen atoms in total. The first-order chi connectivity index (χ1) is 7.80. The predicted octanol–water partition coefficient (Wildman–Crippen LogP) is 2.08. The molecular weight excluding hydrogens is 202 g/mol. The highest BCUT2D eigenvalue weighted by Gasteiger charge is 2.21. The molecule has 0 saturated heterocycles. The molecule has 1 unspecified atom stereocenters. The highest BCUT2D eigenvalue weighted by molar-refractivity contribution is 5.49. The lowest BCUT2D eigenvalue weighted by Gasteiger charge is -2.25. The van der Waals surface area contributed by atoms with Crippen LogP contribution < -0.4 is 15.2 Å². The Kier molecular flexibility index (Phi) is 3.34. The maximum atomic E-state index is 5.81. The van der Waals surface area contributed by atoms with Crippen molar-refractivity contribution >= 4 is 0 Å². The smallest absolute Gasteiger partial charge is 0.161 e. The maximum absolute atomic E-state index is 5.81. The minimum absolute atomic E-state index is 0.476. The minimum Gasteiger partial charge on any atom is -0.493 e. The lowest BCUT2D eigenvalue weighted by molar-refractivity contribution is 0.352. The fourth-order valence-electron chi connectivity index (χ4n) is 2.47. The number of ether oxygens (including phenoxy) is 2. The summed E-state index contributed by atoms with van der Waals surface area (Å²) < 4.78 is 10.6. The number of hydrogen-bond donors (Lipinski definition) is 1. The topological polar surface area (TPSA) is 44.5 Å². The molecule has 2 rings (SSSR count). The molecule has 3 heteroatoms. The van der Waals surface area contributed by atoms with E-state index in [-0.39, 0.29) is 0 Å². The zero-order valence-corrected chi connectivity index (χ0v) is 9.95. The monoisotopic (exact) mass is 221 g/mol. The maximum Gasteiger partial charge on any atom is 0.161 e. The summed E-state index contributed by atoms with van der Waals surface area (Å²) in [5, 5.41) is 0. The Labute approximate surface area is 96.5 Å². The molecule has 0 fully saturated rings. The Morgan fingerprint density at radius 3 is 2.56 bits per heavy atom. The van der Waals surface area contributed by atoms with E-state index in [4.69, 9.17) is 15.2 Å². The molecule has 0 bridgehead atoms. The second-order valence-corrected chi connectivity index (χ2v) is 4.23. The van der Waals surface area contributed by atoms with E-state index in [1.54, 1.807) is 14.2 Å². The van der Waals surface area contributed by atoms with Gasteiger partial charge < -0.3 is 15.2 Å².